The van der Waals surface area contributed by atoms with Crippen molar-refractivity contribution in [2.45, 2.75) is 64.2 Å². The molecule has 200 valence electrons. The Kier molecular flexibility index (Phi) is 8.13. The number of fused-ring (bicyclic) bond motifs is 1. The number of carbonyl (C=O) groups is 5. The van der Waals surface area contributed by atoms with Crippen LogP contribution < -0.4 is 16.0 Å². The molecule has 0 radical (unpaired) electrons. The molecule has 9 nitrogen and oxygen atoms in total. The molecule has 0 bridgehead atoms. The zero-order valence-electron chi connectivity index (χ0n) is 20.8. The molecule has 1 fully saturated rings. The molecule has 2 aliphatic heterocycles. The van der Waals surface area contributed by atoms with Gasteiger partial charge in [0.1, 0.15) is 23.7 Å². The van der Waals surface area contributed by atoms with E-state index in [0.717, 1.165) is 23.3 Å². The number of nitrogens with zero attached hydrogens (tertiary/aromatic N) is 1. The Morgan fingerprint density at radius 3 is 2.63 bits per heavy atom. The normalized spacial score (nSPS) is 17.6. The predicted molar refractivity (Wildman–Crippen MR) is 131 cm³/mol. The SMILES string of the molecule is CC(=O)N[C@@H](CCCc1cccc2c1CN(C1CCC(=O)NC1=O)C2=O)C(=O)NCc1ccc(F)cc1F. The van der Waals surface area contributed by atoms with E-state index in [1.165, 1.54) is 17.9 Å². The fraction of sp³-hybridized carbons (Fsp3) is 0.370. The lowest BCUT2D eigenvalue weighted by atomic mass is 9.97. The summed E-state index contributed by atoms with van der Waals surface area (Å²) in [6, 6.07) is 6.84. The van der Waals surface area contributed by atoms with Crippen LogP contribution in [0.4, 0.5) is 8.78 Å². The molecule has 1 saturated heterocycles. The molecule has 0 saturated carbocycles. The van der Waals surface area contributed by atoms with E-state index in [4.69, 9.17) is 0 Å². The fourth-order valence-corrected chi connectivity index (χ4v) is 4.87. The van der Waals surface area contributed by atoms with Crippen molar-refractivity contribution in [3.05, 3.63) is 70.3 Å². The van der Waals surface area contributed by atoms with Crippen molar-refractivity contribution >= 4 is 29.5 Å². The molecule has 0 aromatic heterocycles. The van der Waals surface area contributed by atoms with Gasteiger partial charge >= 0.3 is 0 Å². The van der Waals surface area contributed by atoms with Gasteiger partial charge in [0.25, 0.3) is 5.91 Å². The third-order valence-corrected chi connectivity index (χ3v) is 6.78. The van der Waals surface area contributed by atoms with Crippen molar-refractivity contribution in [2.24, 2.45) is 0 Å². The lowest BCUT2D eigenvalue weighted by Crippen LogP contribution is -2.52. The van der Waals surface area contributed by atoms with Gasteiger partial charge < -0.3 is 15.5 Å². The van der Waals surface area contributed by atoms with Crippen molar-refractivity contribution in [1.29, 1.82) is 0 Å². The molecule has 1 unspecified atom stereocenters. The van der Waals surface area contributed by atoms with Crippen molar-refractivity contribution in [3.8, 4) is 0 Å². The summed E-state index contributed by atoms with van der Waals surface area (Å²) in [5.41, 5.74) is 2.31. The van der Waals surface area contributed by atoms with Crippen molar-refractivity contribution in [2.75, 3.05) is 0 Å². The van der Waals surface area contributed by atoms with E-state index in [9.17, 15) is 32.8 Å². The van der Waals surface area contributed by atoms with Gasteiger partial charge in [-0.15, -0.1) is 0 Å². The highest BCUT2D eigenvalue weighted by molar-refractivity contribution is 6.05. The van der Waals surface area contributed by atoms with Crippen LogP contribution in [0.2, 0.25) is 0 Å². The highest BCUT2D eigenvalue weighted by atomic mass is 19.1. The molecule has 0 aliphatic carbocycles. The van der Waals surface area contributed by atoms with Gasteiger partial charge in [0.2, 0.25) is 23.6 Å². The second-order valence-electron chi connectivity index (χ2n) is 9.44. The Labute approximate surface area is 217 Å². The van der Waals surface area contributed by atoms with Gasteiger partial charge in [-0.25, -0.2) is 8.78 Å². The minimum atomic E-state index is -0.866. The number of halogens is 2. The van der Waals surface area contributed by atoms with E-state index in [1.54, 1.807) is 12.1 Å². The Hall–Kier alpha value is -4.15. The number of amides is 5. The van der Waals surface area contributed by atoms with Gasteiger partial charge in [0.05, 0.1) is 0 Å². The lowest BCUT2D eigenvalue weighted by Gasteiger charge is -2.29. The van der Waals surface area contributed by atoms with Gasteiger partial charge in [0.15, 0.2) is 0 Å². The molecule has 4 rings (SSSR count). The minimum Gasteiger partial charge on any atom is -0.350 e. The molecule has 2 heterocycles. The van der Waals surface area contributed by atoms with Crippen LogP contribution in [0.3, 0.4) is 0 Å². The zero-order chi connectivity index (χ0) is 27.4. The van der Waals surface area contributed by atoms with E-state index >= 15 is 0 Å². The van der Waals surface area contributed by atoms with Gasteiger partial charge in [-0.05, 0) is 48.9 Å². The van der Waals surface area contributed by atoms with Crippen LogP contribution in [0.1, 0.15) is 59.7 Å². The van der Waals surface area contributed by atoms with Crippen molar-refractivity contribution in [1.82, 2.24) is 20.9 Å². The molecule has 11 heteroatoms. The Morgan fingerprint density at radius 1 is 1.13 bits per heavy atom. The summed E-state index contributed by atoms with van der Waals surface area (Å²) in [6.45, 7) is 1.38. The lowest BCUT2D eigenvalue weighted by molar-refractivity contribution is -0.137. The largest absolute Gasteiger partial charge is 0.350 e. The van der Waals surface area contributed by atoms with Gasteiger partial charge in [-0.2, -0.15) is 0 Å². The first kappa shape index (κ1) is 26.9. The average Bonchev–Trinajstić information content (AvgIpc) is 3.19. The van der Waals surface area contributed by atoms with Crippen LogP contribution in [-0.4, -0.2) is 46.5 Å². The fourth-order valence-electron chi connectivity index (χ4n) is 4.87. The van der Waals surface area contributed by atoms with Gasteiger partial charge in [0, 0.05) is 43.6 Å². The monoisotopic (exact) mass is 526 g/mol. The Bertz CT molecular complexity index is 1300. The summed E-state index contributed by atoms with van der Waals surface area (Å²) in [5.74, 6) is -3.49. The van der Waals surface area contributed by atoms with Crippen LogP contribution in [0.15, 0.2) is 36.4 Å². The van der Waals surface area contributed by atoms with E-state index in [0.29, 0.717) is 18.4 Å². The Balaban J connectivity index is 1.38. The number of nitrogens with one attached hydrogen (secondary N) is 3. The van der Waals surface area contributed by atoms with Crippen LogP contribution in [-0.2, 0) is 38.7 Å². The highest BCUT2D eigenvalue weighted by Gasteiger charge is 2.39. The number of hydrogen-bond donors (Lipinski definition) is 3. The maximum atomic E-state index is 13.9. The zero-order valence-corrected chi connectivity index (χ0v) is 20.8. The number of benzene rings is 2. The summed E-state index contributed by atoms with van der Waals surface area (Å²) < 4.78 is 27.0. The molecule has 2 aromatic carbocycles. The number of imide groups is 1. The number of hydrogen-bond acceptors (Lipinski definition) is 5. The van der Waals surface area contributed by atoms with Gasteiger partial charge in [-0.3, -0.25) is 29.3 Å². The molecule has 3 N–H and O–H groups in total. The first-order valence-electron chi connectivity index (χ1n) is 12.4. The van der Waals surface area contributed by atoms with E-state index in [2.05, 4.69) is 16.0 Å². The number of carbonyl (C=O) groups excluding carboxylic acids is 5. The average molecular weight is 527 g/mol. The van der Waals surface area contributed by atoms with Crippen LogP contribution in [0.5, 0.6) is 0 Å². The molecule has 2 atom stereocenters. The van der Waals surface area contributed by atoms with E-state index in [1.807, 2.05) is 6.07 Å². The molecule has 38 heavy (non-hydrogen) atoms. The van der Waals surface area contributed by atoms with Crippen molar-refractivity contribution in [3.63, 3.8) is 0 Å². The summed E-state index contributed by atoms with van der Waals surface area (Å²) in [5, 5.41) is 7.47. The first-order chi connectivity index (χ1) is 18.1. The number of piperidine rings is 1. The summed E-state index contributed by atoms with van der Waals surface area (Å²) >= 11 is 0. The van der Waals surface area contributed by atoms with Crippen LogP contribution in [0, 0.1) is 11.6 Å². The third kappa shape index (κ3) is 6.04. The maximum absolute atomic E-state index is 13.9. The standard InChI is InChI=1S/C27H28F2N4O5/c1-15(34)31-22(25(36)30-13-17-8-9-18(28)12-21(17)29)7-3-5-16-4-2-6-19-20(16)14-33(27(19)38)23-10-11-24(35)32-26(23)37/h2,4,6,8-9,12,22-23H,3,5,7,10-11,13-14H2,1H3,(H,30,36)(H,31,34)(H,32,35,37)/t22-,23?/m0/s1. The van der Waals surface area contributed by atoms with Crippen LogP contribution in [0.25, 0.3) is 0 Å². The number of aryl methyl sites for hydroxylation is 1. The minimum absolute atomic E-state index is 0.117. The van der Waals surface area contributed by atoms with E-state index in [-0.39, 0.29) is 49.7 Å². The third-order valence-electron chi connectivity index (χ3n) is 6.78. The molecule has 5 amide bonds. The quantitative estimate of drug-likeness (QED) is 0.431. The van der Waals surface area contributed by atoms with Crippen LogP contribution >= 0.6 is 0 Å². The summed E-state index contributed by atoms with van der Waals surface area (Å²) in [7, 11) is 0. The predicted octanol–water partition coefficient (Wildman–Crippen LogP) is 1.87. The number of rotatable bonds is 9. The van der Waals surface area contributed by atoms with Gasteiger partial charge in [-0.1, -0.05) is 18.2 Å². The Morgan fingerprint density at radius 2 is 1.92 bits per heavy atom. The topological polar surface area (TPSA) is 125 Å². The molecule has 2 aromatic rings. The summed E-state index contributed by atoms with van der Waals surface area (Å²) in [6.07, 6.45) is 1.73. The van der Waals surface area contributed by atoms with E-state index < -0.39 is 41.4 Å². The highest BCUT2D eigenvalue weighted by Crippen LogP contribution is 2.30. The molecule has 2 aliphatic rings. The first-order valence-corrected chi connectivity index (χ1v) is 12.4. The molecule has 0 spiro atoms. The molecular weight excluding hydrogens is 498 g/mol. The molecular formula is C27H28F2N4O5. The summed E-state index contributed by atoms with van der Waals surface area (Å²) in [4.78, 5) is 62.7. The van der Waals surface area contributed by atoms with Crippen molar-refractivity contribution < 1.29 is 32.8 Å². The second kappa shape index (κ2) is 11.5. The smallest absolute Gasteiger partial charge is 0.255 e. The maximum Gasteiger partial charge on any atom is 0.255 e. The second-order valence-corrected chi connectivity index (χ2v) is 9.44.